The number of thiophene rings is 1. The molecule has 17 rings (SSSR count). The second-order valence-corrected chi connectivity index (χ2v) is 26.4. The summed E-state index contributed by atoms with van der Waals surface area (Å²) in [7, 11) is -2.94. The summed E-state index contributed by atoms with van der Waals surface area (Å²) in [6, 6.07) is 106. The lowest BCUT2D eigenvalue weighted by Gasteiger charge is -2.34. The minimum absolute atomic E-state index is 0.541. The van der Waals surface area contributed by atoms with Gasteiger partial charge in [0.25, 0.3) is 0 Å². The first-order valence-corrected chi connectivity index (χ1v) is 31.0. The van der Waals surface area contributed by atoms with Gasteiger partial charge in [0.15, 0.2) is 19.7 Å². The second-order valence-electron chi connectivity index (χ2n) is 21.5. The number of benzene rings is 12. The molecular weight excluding hydrogens is 1050 g/mol. The zero-order chi connectivity index (χ0) is 54.6. The Morgan fingerprint density at radius 3 is 1.20 bits per heavy atom. The second kappa shape index (κ2) is 18.8. The maximum Gasteiger partial charge on any atom is 0.238 e. The molecule has 0 bridgehead atoms. The van der Waals surface area contributed by atoms with Crippen molar-refractivity contribution in [3.05, 3.63) is 291 Å². The molecule has 0 amide bonds. The molecule has 388 valence electrons. The van der Waals surface area contributed by atoms with Gasteiger partial charge in [-0.25, -0.2) is 4.98 Å². The lowest BCUT2D eigenvalue weighted by atomic mass is 10.1. The first kappa shape index (κ1) is 47.3. The van der Waals surface area contributed by atoms with Crippen LogP contribution < -0.4 is 20.7 Å². The standard InChI is InChI=1S/C75H48N6SSi/c1-4-23-52(24-5-1)83(53-25-6-2-7-26-53,54-27-8-3-9-28-54)55-29-20-22-49(46-55)73-76-74(61-35-21-41-71-72(61)60-34-14-19-40-70(60)82-71)78-75(77-73)81-68-44-42-50(79-64-36-15-10-30-56(64)57-31-11-16-37-65(57)79)47-62(68)63-48-51(43-45-69(63)81)80-66-38-17-12-32-58(66)59-33-13-18-39-67(59)80/h1-48H. The fourth-order valence-corrected chi connectivity index (χ4v) is 19.5. The van der Waals surface area contributed by atoms with Gasteiger partial charge in [-0.05, 0) is 93.5 Å². The van der Waals surface area contributed by atoms with E-state index in [1.54, 1.807) is 11.3 Å². The van der Waals surface area contributed by atoms with Crippen molar-refractivity contribution in [2.24, 2.45) is 0 Å². The van der Waals surface area contributed by atoms with Gasteiger partial charge in [0, 0.05) is 75.0 Å². The SMILES string of the molecule is c1ccc([Si](c2ccccc2)(c2ccccc2)c2cccc(-c3nc(-c4cccc5sc6ccccc6c45)nc(-n4c5ccc(-n6c7ccccc7c7ccccc76)cc5c5cc(-n6c7ccccc7c7ccccc76)ccc54)n3)c2)cc1. The van der Waals surface area contributed by atoms with Crippen LogP contribution in [0, 0.1) is 0 Å². The van der Waals surface area contributed by atoms with Crippen LogP contribution in [-0.4, -0.2) is 36.7 Å². The van der Waals surface area contributed by atoms with Crippen LogP contribution in [0.15, 0.2) is 291 Å². The average Bonchev–Trinajstić information content (AvgIpc) is 4.36. The number of nitrogens with zero attached hydrogens (tertiary/aromatic N) is 6. The highest BCUT2D eigenvalue weighted by Gasteiger charge is 2.41. The summed E-state index contributed by atoms with van der Waals surface area (Å²) in [5, 5.41) is 14.5. The van der Waals surface area contributed by atoms with Gasteiger partial charge in [0.1, 0.15) is 0 Å². The van der Waals surface area contributed by atoms with Crippen LogP contribution in [0.5, 0.6) is 0 Å². The van der Waals surface area contributed by atoms with Crippen molar-refractivity contribution in [2.45, 2.75) is 0 Å². The maximum absolute atomic E-state index is 5.70. The van der Waals surface area contributed by atoms with E-state index < -0.39 is 8.07 Å². The first-order valence-electron chi connectivity index (χ1n) is 28.2. The van der Waals surface area contributed by atoms with Gasteiger partial charge in [0.2, 0.25) is 5.95 Å². The Kier molecular flexibility index (Phi) is 10.7. The Morgan fingerprint density at radius 2 is 0.687 bits per heavy atom. The third kappa shape index (κ3) is 7.23. The van der Waals surface area contributed by atoms with E-state index in [2.05, 4.69) is 305 Å². The fourth-order valence-electron chi connectivity index (χ4n) is 13.5. The molecule has 0 aliphatic heterocycles. The molecule has 0 saturated heterocycles. The summed E-state index contributed by atoms with van der Waals surface area (Å²) in [6.07, 6.45) is 0. The van der Waals surface area contributed by atoms with E-state index in [1.165, 1.54) is 57.1 Å². The minimum Gasteiger partial charge on any atom is -0.309 e. The third-order valence-electron chi connectivity index (χ3n) is 17.1. The smallest absolute Gasteiger partial charge is 0.238 e. The summed E-state index contributed by atoms with van der Waals surface area (Å²) in [4.78, 5) is 17.0. The van der Waals surface area contributed by atoms with Gasteiger partial charge < -0.3 is 9.13 Å². The van der Waals surface area contributed by atoms with E-state index in [9.17, 15) is 0 Å². The number of fused-ring (bicyclic) bond motifs is 12. The van der Waals surface area contributed by atoms with Crippen molar-refractivity contribution >= 4 is 126 Å². The molecule has 83 heavy (non-hydrogen) atoms. The molecule has 0 spiro atoms. The van der Waals surface area contributed by atoms with Gasteiger partial charge in [-0.2, -0.15) is 9.97 Å². The molecule has 5 aromatic heterocycles. The van der Waals surface area contributed by atoms with Crippen molar-refractivity contribution in [1.82, 2.24) is 28.7 Å². The molecule has 0 atom stereocenters. The highest BCUT2D eigenvalue weighted by atomic mass is 32.1. The van der Waals surface area contributed by atoms with Crippen LogP contribution in [-0.2, 0) is 0 Å². The molecule has 0 aliphatic rings. The van der Waals surface area contributed by atoms with Crippen LogP contribution in [0.25, 0.3) is 126 Å². The molecule has 17 aromatic rings. The number of hydrogen-bond acceptors (Lipinski definition) is 4. The van der Waals surface area contributed by atoms with Crippen molar-refractivity contribution in [3.63, 3.8) is 0 Å². The molecule has 6 nitrogen and oxygen atoms in total. The quantitative estimate of drug-likeness (QED) is 0.107. The largest absolute Gasteiger partial charge is 0.309 e. The van der Waals surface area contributed by atoms with Gasteiger partial charge in [0.05, 0.1) is 33.1 Å². The highest BCUT2D eigenvalue weighted by molar-refractivity contribution is 7.26. The number of para-hydroxylation sites is 4. The topological polar surface area (TPSA) is 53.5 Å². The van der Waals surface area contributed by atoms with E-state index in [-0.39, 0.29) is 0 Å². The summed E-state index contributed by atoms with van der Waals surface area (Å²) in [5.41, 5.74) is 10.6. The summed E-state index contributed by atoms with van der Waals surface area (Å²) < 4.78 is 9.50. The molecule has 12 aromatic carbocycles. The minimum atomic E-state index is -2.94. The van der Waals surface area contributed by atoms with E-state index in [1.807, 2.05) is 0 Å². The van der Waals surface area contributed by atoms with Gasteiger partial charge in [-0.3, -0.25) is 4.57 Å². The predicted molar refractivity (Wildman–Crippen MR) is 350 cm³/mol. The molecule has 0 radical (unpaired) electrons. The van der Waals surface area contributed by atoms with Crippen molar-refractivity contribution < 1.29 is 0 Å². The Balaban J connectivity index is 0.957. The van der Waals surface area contributed by atoms with E-state index in [4.69, 9.17) is 15.0 Å². The lowest BCUT2D eigenvalue weighted by Crippen LogP contribution is -2.74. The van der Waals surface area contributed by atoms with E-state index >= 15 is 0 Å². The highest BCUT2D eigenvalue weighted by Crippen LogP contribution is 2.42. The zero-order valence-corrected chi connectivity index (χ0v) is 46.6. The molecular formula is C75H48N6SSi. The molecule has 8 heteroatoms. The Labute approximate surface area is 482 Å². The van der Waals surface area contributed by atoms with Gasteiger partial charge in [-0.1, -0.05) is 218 Å². The number of rotatable bonds is 9. The first-order chi connectivity index (χ1) is 41.2. The maximum atomic E-state index is 5.70. The molecule has 0 unspecified atom stereocenters. The molecule has 0 saturated carbocycles. The lowest BCUT2D eigenvalue weighted by molar-refractivity contribution is 0.954. The number of aromatic nitrogens is 6. The zero-order valence-electron chi connectivity index (χ0n) is 44.8. The Morgan fingerprint density at radius 1 is 0.277 bits per heavy atom. The van der Waals surface area contributed by atoms with E-state index in [0.29, 0.717) is 17.6 Å². The van der Waals surface area contributed by atoms with Gasteiger partial charge >= 0.3 is 0 Å². The van der Waals surface area contributed by atoms with Crippen LogP contribution in [0.1, 0.15) is 0 Å². The Hall–Kier alpha value is -10.5. The molecule has 0 N–H and O–H groups in total. The monoisotopic (exact) mass is 1090 g/mol. The predicted octanol–water partition coefficient (Wildman–Crippen LogP) is 16.2. The molecule has 5 heterocycles. The Bertz CT molecular complexity index is 5030. The molecule has 0 fully saturated rings. The van der Waals surface area contributed by atoms with Crippen molar-refractivity contribution in [3.8, 4) is 40.1 Å². The third-order valence-corrected chi connectivity index (χ3v) is 23.0. The summed E-state index contributed by atoms with van der Waals surface area (Å²) >= 11 is 1.80. The van der Waals surface area contributed by atoms with Gasteiger partial charge in [-0.15, -0.1) is 11.3 Å². The molecule has 0 aliphatic carbocycles. The van der Waals surface area contributed by atoms with Crippen LogP contribution in [0.2, 0.25) is 0 Å². The number of hydrogen-bond donors (Lipinski definition) is 0. The van der Waals surface area contributed by atoms with Crippen LogP contribution >= 0.6 is 11.3 Å². The van der Waals surface area contributed by atoms with E-state index in [0.717, 1.165) is 71.8 Å². The van der Waals surface area contributed by atoms with Crippen LogP contribution in [0.4, 0.5) is 0 Å². The van der Waals surface area contributed by atoms with Crippen LogP contribution in [0.3, 0.4) is 0 Å². The average molecular weight is 1090 g/mol. The normalized spacial score (nSPS) is 12.1. The van der Waals surface area contributed by atoms with Crippen molar-refractivity contribution in [2.75, 3.05) is 0 Å². The van der Waals surface area contributed by atoms with Crippen molar-refractivity contribution in [1.29, 1.82) is 0 Å². The summed E-state index contributed by atoms with van der Waals surface area (Å²) in [6.45, 7) is 0. The fraction of sp³-hybridized carbons (Fsp3) is 0. The summed E-state index contributed by atoms with van der Waals surface area (Å²) in [5.74, 6) is 1.75.